The van der Waals surface area contributed by atoms with Gasteiger partial charge in [-0.2, -0.15) is 4.98 Å². The summed E-state index contributed by atoms with van der Waals surface area (Å²) in [6, 6.07) is 1.77. The van der Waals surface area contributed by atoms with Gasteiger partial charge in [0.05, 0.1) is 0 Å². The first-order chi connectivity index (χ1) is 9.06. The third-order valence-corrected chi connectivity index (χ3v) is 4.17. The van der Waals surface area contributed by atoms with Gasteiger partial charge in [0.15, 0.2) is 0 Å². The summed E-state index contributed by atoms with van der Waals surface area (Å²) in [5.74, 6) is 1.41. The fourth-order valence-corrected chi connectivity index (χ4v) is 3.00. The lowest BCUT2D eigenvalue weighted by molar-refractivity contribution is -0.119. The van der Waals surface area contributed by atoms with Gasteiger partial charge in [-0.1, -0.05) is 0 Å². The smallest absolute Gasteiger partial charge is 0.227 e. The van der Waals surface area contributed by atoms with Gasteiger partial charge in [0.25, 0.3) is 0 Å². The summed E-state index contributed by atoms with van der Waals surface area (Å²) in [5, 5.41) is 2.94. The van der Waals surface area contributed by atoms with Crippen molar-refractivity contribution in [3.8, 4) is 0 Å². The van der Waals surface area contributed by atoms with E-state index in [0.717, 1.165) is 38.2 Å². The second-order valence-corrected chi connectivity index (χ2v) is 5.67. The number of carbonyl (C=O) groups is 1. The van der Waals surface area contributed by atoms with Crippen LogP contribution in [0.5, 0.6) is 0 Å². The second-order valence-electron chi connectivity index (χ2n) is 5.67. The standard InChI is InChI=1S/C13H19N5O/c1-9-6-10(14)17-12(16-9)18-4-2-13(3-5-18)7-11(19)15-8-13/h6H,2-5,7-8H2,1H3,(H,15,19)(H2,14,16,17). The number of hydrogen-bond donors (Lipinski definition) is 2. The summed E-state index contributed by atoms with van der Waals surface area (Å²) < 4.78 is 0. The number of anilines is 2. The maximum Gasteiger partial charge on any atom is 0.227 e. The first kappa shape index (κ1) is 12.2. The van der Waals surface area contributed by atoms with Gasteiger partial charge in [-0.05, 0) is 25.2 Å². The van der Waals surface area contributed by atoms with Gasteiger partial charge in [-0.15, -0.1) is 0 Å². The summed E-state index contributed by atoms with van der Waals surface area (Å²) in [7, 11) is 0. The average molecular weight is 261 g/mol. The molecule has 102 valence electrons. The fourth-order valence-electron chi connectivity index (χ4n) is 3.00. The molecule has 2 fully saturated rings. The summed E-state index contributed by atoms with van der Waals surface area (Å²) in [5.41, 5.74) is 6.81. The van der Waals surface area contributed by atoms with Gasteiger partial charge in [0, 0.05) is 37.8 Å². The van der Waals surface area contributed by atoms with Crippen LogP contribution in [0.4, 0.5) is 11.8 Å². The van der Waals surface area contributed by atoms with Crippen LogP contribution in [-0.2, 0) is 4.79 Å². The Kier molecular flexibility index (Phi) is 2.80. The monoisotopic (exact) mass is 261 g/mol. The van der Waals surface area contributed by atoms with Crippen molar-refractivity contribution in [1.82, 2.24) is 15.3 Å². The first-order valence-corrected chi connectivity index (χ1v) is 6.69. The third-order valence-electron chi connectivity index (χ3n) is 4.17. The molecule has 1 aromatic heterocycles. The highest BCUT2D eigenvalue weighted by atomic mass is 16.1. The molecule has 19 heavy (non-hydrogen) atoms. The molecule has 1 amide bonds. The summed E-state index contributed by atoms with van der Waals surface area (Å²) in [6.45, 7) is 4.51. The van der Waals surface area contributed by atoms with Crippen LogP contribution in [0, 0.1) is 12.3 Å². The van der Waals surface area contributed by atoms with Crippen LogP contribution in [-0.4, -0.2) is 35.5 Å². The zero-order chi connectivity index (χ0) is 13.5. The molecular formula is C13H19N5O. The number of carbonyl (C=O) groups excluding carboxylic acids is 1. The van der Waals surface area contributed by atoms with Crippen molar-refractivity contribution in [2.75, 3.05) is 30.3 Å². The van der Waals surface area contributed by atoms with Crippen molar-refractivity contribution in [2.24, 2.45) is 5.41 Å². The number of amides is 1. The Morgan fingerprint density at radius 1 is 1.37 bits per heavy atom. The molecule has 6 heteroatoms. The molecule has 6 nitrogen and oxygen atoms in total. The maximum absolute atomic E-state index is 11.4. The molecule has 3 rings (SSSR count). The Labute approximate surface area is 112 Å². The number of nitrogen functional groups attached to an aromatic ring is 1. The number of nitrogens with two attached hydrogens (primary N) is 1. The fraction of sp³-hybridized carbons (Fsp3) is 0.615. The molecule has 0 unspecified atom stereocenters. The Hall–Kier alpha value is -1.85. The Bertz CT molecular complexity index is 488. The molecule has 2 aliphatic rings. The van der Waals surface area contributed by atoms with E-state index in [1.165, 1.54) is 0 Å². The molecule has 1 aromatic rings. The van der Waals surface area contributed by atoms with Gasteiger partial charge in [-0.3, -0.25) is 4.79 Å². The van der Waals surface area contributed by atoms with Gasteiger partial charge in [0.2, 0.25) is 11.9 Å². The third kappa shape index (κ3) is 2.34. The van der Waals surface area contributed by atoms with E-state index >= 15 is 0 Å². The topological polar surface area (TPSA) is 84.1 Å². The lowest BCUT2D eigenvalue weighted by Crippen LogP contribution is -2.42. The highest BCUT2D eigenvalue weighted by Gasteiger charge is 2.41. The highest BCUT2D eigenvalue weighted by molar-refractivity contribution is 5.79. The van der Waals surface area contributed by atoms with E-state index in [1.54, 1.807) is 6.07 Å². The normalized spacial score (nSPS) is 21.7. The number of piperidine rings is 1. The molecular weight excluding hydrogens is 242 g/mol. The van der Waals surface area contributed by atoms with E-state index in [1.807, 2.05) is 6.92 Å². The van der Waals surface area contributed by atoms with Gasteiger partial charge >= 0.3 is 0 Å². The second kappa shape index (κ2) is 4.36. The molecule has 2 saturated heterocycles. The van der Waals surface area contributed by atoms with E-state index in [0.29, 0.717) is 18.2 Å². The highest BCUT2D eigenvalue weighted by Crippen LogP contribution is 2.38. The number of rotatable bonds is 1. The predicted octanol–water partition coefficient (Wildman–Crippen LogP) is 0.474. The minimum atomic E-state index is 0.156. The van der Waals surface area contributed by atoms with Crippen LogP contribution in [0.2, 0.25) is 0 Å². The number of nitrogens with zero attached hydrogens (tertiary/aromatic N) is 3. The summed E-state index contributed by atoms with van der Waals surface area (Å²) >= 11 is 0. The maximum atomic E-state index is 11.4. The minimum absolute atomic E-state index is 0.156. The van der Waals surface area contributed by atoms with Crippen molar-refractivity contribution in [2.45, 2.75) is 26.2 Å². The number of aryl methyl sites for hydroxylation is 1. The summed E-state index contributed by atoms with van der Waals surface area (Å²) in [4.78, 5) is 22.3. The van der Waals surface area contributed by atoms with Crippen molar-refractivity contribution < 1.29 is 4.79 Å². The number of aromatic nitrogens is 2. The largest absolute Gasteiger partial charge is 0.384 e. The number of hydrogen-bond acceptors (Lipinski definition) is 5. The molecule has 0 radical (unpaired) electrons. The first-order valence-electron chi connectivity index (χ1n) is 6.69. The average Bonchev–Trinajstić information content (AvgIpc) is 2.70. The van der Waals surface area contributed by atoms with Crippen LogP contribution in [0.3, 0.4) is 0 Å². The van der Waals surface area contributed by atoms with Gasteiger partial charge in [0.1, 0.15) is 5.82 Å². The zero-order valence-corrected chi connectivity index (χ0v) is 11.1. The molecule has 0 aromatic carbocycles. The molecule has 1 spiro atoms. The van der Waals surface area contributed by atoms with Crippen molar-refractivity contribution in [3.63, 3.8) is 0 Å². The van der Waals surface area contributed by atoms with E-state index in [2.05, 4.69) is 20.2 Å². The molecule has 0 bridgehead atoms. The van der Waals surface area contributed by atoms with Crippen LogP contribution in [0.15, 0.2) is 6.07 Å². The lowest BCUT2D eigenvalue weighted by atomic mass is 9.78. The summed E-state index contributed by atoms with van der Waals surface area (Å²) in [6.07, 6.45) is 2.67. The molecule has 0 aliphatic carbocycles. The van der Waals surface area contributed by atoms with Crippen LogP contribution < -0.4 is 16.0 Å². The zero-order valence-electron chi connectivity index (χ0n) is 11.1. The Morgan fingerprint density at radius 2 is 2.11 bits per heavy atom. The minimum Gasteiger partial charge on any atom is -0.384 e. The molecule has 3 heterocycles. The lowest BCUT2D eigenvalue weighted by Gasteiger charge is -2.38. The molecule has 2 aliphatic heterocycles. The van der Waals surface area contributed by atoms with E-state index in [-0.39, 0.29) is 11.3 Å². The molecule has 3 N–H and O–H groups in total. The SMILES string of the molecule is Cc1cc(N)nc(N2CCC3(CC2)CNC(=O)C3)n1. The Morgan fingerprint density at radius 3 is 2.68 bits per heavy atom. The molecule has 0 saturated carbocycles. The van der Waals surface area contributed by atoms with E-state index in [4.69, 9.17) is 5.73 Å². The quantitative estimate of drug-likeness (QED) is 0.768. The molecule has 0 atom stereocenters. The van der Waals surface area contributed by atoms with Crippen molar-refractivity contribution >= 4 is 17.7 Å². The van der Waals surface area contributed by atoms with Gasteiger partial charge in [-0.25, -0.2) is 4.98 Å². The number of nitrogens with one attached hydrogen (secondary N) is 1. The van der Waals surface area contributed by atoms with Gasteiger partial charge < -0.3 is 16.0 Å². The Balaban J connectivity index is 1.71. The van der Waals surface area contributed by atoms with Crippen LogP contribution in [0.1, 0.15) is 25.0 Å². The van der Waals surface area contributed by atoms with E-state index < -0.39 is 0 Å². The predicted molar refractivity (Wildman–Crippen MR) is 72.7 cm³/mol. The van der Waals surface area contributed by atoms with Crippen molar-refractivity contribution in [3.05, 3.63) is 11.8 Å². The van der Waals surface area contributed by atoms with Crippen LogP contribution in [0.25, 0.3) is 0 Å². The van der Waals surface area contributed by atoms with Crippen molar-refractivity contribution in [1.29, 1.82) is 0 Å². The van der Waals surface area contributed by atoms with Crippen LogP contribution >= 0.6 is 0 Å². The van der Waals surface area contributed by atoms with E-state index in [9.17, 15) is 4.79 Å².